The van der Waals surface area contributed by atoms with E-state index in [9.17, 15) is 0 Å². The topological polar surface area (TPSA) is 33.1 Å². The molecule has 2 heteroatoms. The van der Waals surface area contributed by atoms with Crippen molar-refractivity contribution in [1.82, 2.24) is 0 Å². The highest BCUT2D eigenvalue weighted by atomic mass is 16.5. The summed E-state index contributed by atoms with van der Waals surface area (Å²) in [7, 11) is 0. The van der Waals surface area contributed by atoms with Crippen LogP contribution in [0.3, 0.4) is 0 Å². The summed E-state index contributed by atoms with van der Waals surface area (Å²) in [5.74, 6) is 2.06. The third kappa shape index (κ3) is 3.86. The Balaban J connectivity index is 2.59. The van der Waals surface area contributed by atoms with Crippen LogP contribution in [0.25, 0.3) is 0 Å². The summed E-state index contributed by atoms with van der Waals surface area (Å²) in [6, 6.07) is 0. The van der Waals surface area contributed by atoms with Crippen molar-refractivity contribution >= 4 is 6.21 Å². The minimum atomic E-state index is 0.383. The summed E-state index contributed by atoms with van der Waals surface area (Å²) in [5.41, 5.74) is 1.41. The Hall–Kier alpha value is -0.790. The molecular formula is C15H27NO. The summed E-state index contributed by atoms with van der Waals surface area (Å²) in [6.45, 7) is 7.42. The zero-order chi connectivity index (χ0) is 12.7. The Labute approximate surface area is 106 Å². The molecule has 0 saturated carbocycles. The van der Waals surface area contributed by atoms with E-state index in [-0.39, 0.29) is 0 Å². The molecule has 2 unspecified atom stereocenters. The van der Waals surface area contributed by atoms with E-state index in [4.69, 9.17) is 10.1 Å². The molecule has 1 aliphatic heterocycles. The van der Waals surface area contributed by atoms with Crippen molar-refractivity contribution in [3.05, 3.63) is 11.3 Å². The summed E-state index contributed by atoms with van der Waals surface area (Å²) in [6.07, 6.45) is 8.70. The fourth-order valence-electron chi connectivity index (χ4n) is 2.53. The molecule has 2 atom stereocenters. The number of nitrogens with one attached hydrogen (secondary N) is 1. The van der Waals surface area contributed by atoms with E-state index >= 15 is 0 Å². The molecule has 0 aromatic rings. The molecule has 0 aromatic carbocycles. The molecule has 98 valence electrons. The number of ether oxygens (including phenoxy) is 1. The summed E-state index contributed by atoms with van der Waals surface area (Å²) < 4.78 is 5.82. The van der Waals surface area contributed by atoms with Gasteiger partial charge in [-0.25, -0.2) is 0 Å². The van der Waals surface area contributed by atoms with Crippen LogP contribution in [0, 0.1) is 17.2 Å². The molecule has 1 aliphatic rings. The van der Waals surface area contributed by atoms with Gasteiger partial charge in [-0.05, 0) is 31.6 Å². The van der Waals surface area contributed by atoms with Gasteiger partial charge in [0.25, 0.3) is 0 Å². The average molecular weight is 237 g/mol. The van der Waals surface area contributed by atoms with Gasteiger partial charge in [-0.3, -0.25) is 0 Å². The number of hydrogen-bond acceptors (Lipinski definition) is 2. The van der Waals surface area contributed by atoms with Crippen molar-refractivity contribution in [2.24, 2.45) is 11.8 Å². The van der Waals surface area contributed by atoms with Gasteiger partial charge in [0.05, 0.1) is 12.4 Å². The maximum Gasteiger partial charge on any atom is 0.0953 e. The quantitative estimate of drug-likeness (QED) is 0.617. The highest BCUT2D eigenvalue weighted by molar-refractivity contribution is 5.58. The molecule has 0 amide bonds. The molecule has 1 N–H and O–H groups in total. The van der Waals surface area contributed by atoms with Gasteiger partial charge in [-0.2, -0.15) is 0 Å². The second-order valence-corrected chi connectivity index (χ2v) is 5.10. The van der Waals surface area contributed by atoms with Gasteiger partial charge >= 0.3 is 0 Å². The van der Waals surface area contributed by atoms with E-state index in [1.54, 1.807) is 6.21 Å². The highest BCUT2D eigenvalue weighted by Gasteiger charge is 2.29. The van der Waals surface area contributed by atoms with Gasteiger partial charge in [0.15, 0.2) is 0 Å². The molecule has 0 saturated heterocycles. The first-order valence-corrected chi connectivity index (χ1v) is 7.07. The smallest absolute Gasteiger partial charge is 0.0953 e. The van der Waals surface area contributed by atoms with Gasteiger partial charge < -0.3 is 10.1 Å². The van der Waals surface area contributed by atoms with Crippen LogP contribution < -0.4 is 0 Å². The van der Waals surface area contributed by atoms with Crippen LogP contribution in [0.1, 0.15) is 59.3 Å². The van der Waals surface area contributed by atoms with Gasteiger partial charge in [0.2, 0.25) is 0 Å². The average Bonchev–Trinajstić information content (AvgIpc) is 2.70. The van der Waals surface area contributed by atoms with Crippen LogP contribution in [0.5, 0.6) is 0 Å². The molecule has 2 nitrogen and oxygen atoms in total. The van der Waals surface area contributed by atoms with E-state index < -0.39 is 0 Å². The Bertz CT molecular complexity index is 270. The van der Waals surface area contributed by atoms with Crippen LogP contribution in [0.4, 0.5) is 0 Å². The van der Waals surface area contributed by atoms with Crippen molar-refractivity contribution in [2.45, 2.75) is 59.3 Å². The summed E-state index contributed by atoms with van der Waals surface area (Å²) >= 11 is 0. The maximum atomic E-state index is 7.59. The lowest BCUT2D eigenvalue weighted by Gasteiger charge is -2.18. The van der Waals surface area contributed by atoms with Crippen LogP contribution in [0.15, 0.2) is 11.3 Å². The van der Waals surface area contributed by atoms with Crippen LogP contribution >= 0.6 is 0 Å². The highest BCUT2D eigenvalue weighted by Crippen LogP contribution is 2.34. The third-order valence-corrected chi connectivity index (χ3v) is 3.81. The second kappa shape index (κ2) is 7.52. The molecule has 1 heterocycles. The Morgan fingerprint density at radius 2 is 2.06 bits per heavy atom. The fraction of sp³-hybridized carbons (Fsp3) is 0.800. The molecule has 1 rings (SSSR count). The van der Waals surface area contributed by atoms with Crippen molar-refractivity contribution in [3.63, 3.8) is 0 Å². The van der Waals surface area contributed by atoms with E-state index in [0.29, 0.717) is 11.8 Å². The first-order chi connectivity index (χ1) is 8.24. The first kappa shape index (κ1) is 14.3. The lowest BCUT2D eigenvalue weighted by molar-refractivity contribution is 0.195. The lowest BCUT2D eigenvalue weighted by atomic mass is 9.85. The Morgan fingerprint density at radius 1 is 1.35 bits per heavy atom. The molecule has 0 aliphatic carbocycles. The van der Waals surface area contributed by atoms with Gasteiger partial charge in [-0.1, -0.05) is 33.1 Å². The molecule has 0 spiro atoms. The van der Waals surface area contributed by atoms with Gasteiger partial charge in [0.1, 0.15) is 0 Å². The molecular weight excluding hydrogens is 210 g/mol. The summed E-state index contributed by atoms with van der Waals surface area (Å²) in [5, 5.41) is 7.59. The number of unbranched alkanes of at least 4 members (excludes halogenated alkanes) is 2. The maximum absolute atomic E-state index is 7.59. The van der Waals surface area contributed by atoms with Crippen LogP contribution in [-0.2, 0) is 4.74 Å². The van der Waals surface area contributed by atoms with E-state index in [0.717, 1.165) is 19.4 Å². The monoisotopic (exact) mass is 237 g/mol. The van der Waals surface area contributed by atoms with Gasteiger partial charge in [-0.15, -0.1) is 0 Å². The van der Waals surface area contributed by atoms with Crippen molar-refractivity contribution in [1.29, 1.82) is 5.41 Å². The Kier molecular flexibility index (Phi) is 6.31. The molecule has 0 radical (unpaired) electrons. The fourth-order valence-corrected chi connectivity index (χ4v) is 2.53. The standard InChI is InChI=1S/C15H27NO/c1-4-6-8-13(10-16)14-11-17-15(12(14)3)9-7-5-2/h10,13-14,16H,4-9,11H2,1-3H3. The second-order valence-electron chi connectivity index (χ2n) is 5.10. The first-order valence-electron chi connectivity index (χ1n) is 7.07. The largest absolute Gasteiger partial charge is 0.497 e. The third-order valence-electron chi connectivity index (χ3n) is 3.81. The minimum absolute atomic E-state index is 0.383. The lowest BCUT2D eigenvalue weighted by Crippen LogP contribution is -2.18. The number of rotatable bonds is 8. The van der Waals surface area contributed by atoms with Gasteiger partial charge in [0, 0.05) is 18.3 Å². The molecule has 17 heavy (non-hydrogen) atoms. The normalized spacial score (nSPS) is 21.5. The number of allylic oxidation sites excluding steroid dienone is 1. The molecule has 0 fully saturated rings. The zero-order valence-electron chi connectivity index (χ0n) is 11.6. The van der Waals surface area contributed by atoms with E-state index in [1.165, 1.54) is 37.0 Å². The SMILES string of the molecule is CCCCC1=C(C)C(C(C=N)CCCC)CO1. The van der Waals surface area contributed by atoms with Crippen molar-refractivity contribution in [2.75, 3.05) is 6.61 Å². The molecule has 0 bridgehead atoms. The Morgan fingerprint density at radius 3 is 2.65 bits per heavy atom. The van der Waals surface area contributed by atoms with E-state index in [1.807, 2.05) is 0 Å². The van der Waals surface area contributed by atoms with Crippen molar-refractivity contribution in [3.8, 4) is 0 Å². The van der Waals surface area contributed by atoms with Crippen LogP contribution in [0.2, 0.25) is 0 Å². The van der Waals surface area contributed by atoms with Crippen molar-refractivity contribution < 1.29 is 4.74 Å². The predicted octanol–water partition coefficient (Wildman–Crippen LogP) is 4.55. The number of hydrogen-bond donors (Lipinski definition) is 1. The minimum Gasteiger partial charge on any atom is -0.497 e. The zero-order valence-corrected chi connectivity index (χ0v) is 11.6. The van der Waals surface area contributed by atoms with Crippen LogP contribution in [-0.4, -0.2) is 12.8 Å². The summed E-state index contributed by atoms with van der Waals surface area (Å²) in [4.78, 5) is 0. The molecule has 0 aromatic heterocycles. The van der Waals surface area contributed by atoms with E-state index in [2.05, 4.69) is 20.8 Å². The predicted molar refractivity (Wildman–Crippen MR) is 73.5 cm³/mol.